The average molecular weight is 515 g/mol. The van der Waals surface area contributed by atoms with Gasteiger partial charge in [0.15, 0.2) is 5.76 Å². The van der Waals surface area contributed by atoms with Gasteiger partial charge < -0.3 is 24.7 Å². The van der Waals surface area contributed by atoms with Gasteiger partial charge in [0.1, 0.15) is 6.10 Å². The van der Waals surface area contributed by atoms with Crippen LogP contribution in [0.1, 0.15) is 33.1 Å². The second kappa shape index (κ2) is 10.0. The maximum Gasteiger partial charge on any atom is 0.414 e. The van der Waals surface area contributed by atoms with Crippen LogP contribution in [0.3, 0.4) is 0 Å². The number of ether oxygens (including phenoxy) is 1. The lowest BCUT2D eigenvalue weighted by Crippen LogP contribution is -2.34. The molecule has 5 rings (SSSR count). The molecule has 182 valence electrons. The van der Waals surface area contributed by atoms with E-state index >= 15 is 0 Å². The molecule has 35 heavy (non-hydrogen) atoms. The SMILES string of the molecule is O=C(Nc1cc(N2C[C@@H](CNC(=O)c3ccc(Cl)s3)OC2=O)ccc1N1CCCC1)c1ccco1. The number of cyclic esters (lactones) is 1. The lowest BCUT2D eigenvalue weighted by Gasteiger charge is -2.23. The summed E-state index contributed by atoms with van der Waals surface area (Å²) in [5.41, 5.74) is 2.06. The first-order valence-corrected chi connectivity index (χ1v) is 12.4. The van der Waals surface area contributed by atoms with E-state index in [1.165, 1.54) is 22.5 Å². The van der Waals surface area contributed by atoms with Crippen LogP contribution in [0.4, 0.5) is 21.9 Å². The van der Waals surface area contributed by atoms with Crippen LogP contribution >= 0.6 is 22.9 Å². The summed E-state index contributed by atoms with van der Waals surface area (Å²) < 4.78 is 11.2. The first-order chi connectivity index (χ1) is 17.0. The quantitative estimate of drug-likeness (QED) is 0.477. The van der Waals surface area contributed by atoms with Gasteiger partial charge in [-0.1, -0.05) is 11.6 Å². The molecule has 2 fully saturated rings. The van der Waals surface area contributed by atoms with Gasteiger partial charge in [-0.15, -0.1) is 11.3 Å². The fraction of sp³-hybridized carbons (Fsp3) is 0.292. The van der Waals surface area contributed by atoms with Gasteiger partial charge in [-0.3, -0.25) is 14.5 Å². The number of furan rings is 1. The van der Waals surface area contributed by atoms with Crippen LogP contribution in [0.5, 0.6) is 0 Å². The minimum absolute atomic E-state index is 0.171. The number of carbonyl (C=O) groups excluding carboxylic acids is 3. The summed E-state index contributed by atoms with van der Waals surface area (Å²) in [5, 5.41) is 5.70. The summed E-state index contributed by atoms with van der Waals surface area (Å²) in [5.74, 6) is -0.439. The van der Waals surface area contributed by atoms with Crippen LogP contribution < -0.4 is 20.4 Å². The number of carbonyl (C=O) groups is 3. The number of benzene rings is 1. The molecule has 1 aromatic carbocycles. The van der Waals surface area contributed by atoms with Gasteiger partial charge in [-0.05, 0) is 55.3 Å². The molecule has 0 unspecified atom stereocenters. The van der Waals surface area contributed by atoms with Crippen molar-refractivity contribution in [2.45, 2.75) is 18.9 Å². The van der Waals surface area contributed by atoms with Crippen LogP contribution in [-0.2, 0) is 4.74 Å². The number of nitrogens with zero attached hydrogens (tertiary/aromatic N) is 2. The van der Waals surface area contributed by atoms with Crippen molar-refractivity contribution in [1.29, 1.82) is 0 Å². The normalized spacial score (nSPS) is 17.5. The highest BCUT2D eigenvalue weighted by atomic mass is 35.5. The maximum atomic E-state index is 12.7. The minimum Gasteiger partial charge on any atom is -0.459 e. The summed E-state index contributed by atoms with van der Waals surface area (Å²) in [6.07, 6.45) is 2.58. The predicted molar refractivity (Wildman–Crippen MR) is 134 cm³/mol. The molecule has 11 heteroatoms. The molecule has 0 radical (unpaired) electrons. The van der Waals surface area contributed by atoms with Gasteiger partial charge in [0.25, 0.3) is 11.8 Å². The highest BCUT2D eigenvalue weighted by Gasteiger charge is 2.33. The molecule has 0 bridgehead atoms. The van der Waals surface area contributed by atoms with Gasteiger partial charge >= 0.3 is 6.09 Å². The van der Waals surface area contributed by atoms with E-state index in [9.17, 15) is 14.4 Å². The van der Waals surface area contributed by atoms with Gasteiger partial charge in [-0.2, -0.15) is 0 Å². The largest absolute Gasteiger partial charge is 0.459 e. The molecule has 2 aliphatic heterocycles. The number of hydrogen-bond acceptors (Lipinski definition) is 7. The molecule has 3 aromatic rings. The average Bonchev–Trinajstić information content (AvgIpc) is 3.65. The van der Waals surface area contributed by atoms with Gasteiger partial charge in [0.05, 0.1) is 39.9 Å². The lowest BCUT2D eigenvalue weighted by molar-refractivity contribution is 0.0919. The third kappa shape index (κ3) is 5.13. The number of nitrogens with one attached hydrogen (secondary N) is 2. The van der Waals surface area contributed by atoms with E-state index in [1.807, 2.05) is 12.1 Å². The van der Waals surface area contributed by atoms with E-state index in [4.69, 9.17) is 20.8 Å². The Bertz CT molecular complexity index is 1240. The van der Waals surface area contributed by atoms with E-state index in [0.717, 1.165) is 31.6 Å². The predicted octanol–water partition coefficient (Wildman–Crippen LogP) is 4.60. The van der Waals surface area contributed by atoms with E-state index in [2.05, 4.69) is 15.5 Å². The first kappa shape index (κ1) is 23.3. The number of rotatable bonds is 7. The number of amides is 3. The van der Waals surface area contributed by atoms with Gasteiger partial charge in [0, 0.05) is 18.8 Å². The molecule has 0 aliphatic carbocycles. The van der Waals surface area contributed by atoms with Gasteiger partial charge in [-0.25, -0.2) is 4.79 Å². The van der Waals surface area contributed by atoms with Crippen LogP contribution in [0.2, 0.25) is 4.34 Å². The number of thiophene rings is 1. The molecular formula is C24H23ClN4O5S. The first-order valence-electron chi connectivity index (χ1n) is 11.2. The molecule has 3 amide bonds. The molecule has 2 aromatic heterocycles. The van der Waals surface area contributed by atoms with E-state index in [0.29, 0.717) is 20.6 Å². The molecule has 9 nitrogen and oxygen atoms in total. The van der Waals surface area contributed by atoms with E-state index < -0.39 is 12.2 Å². The summed E-state index contributed by atoms with van der Waals surface area (Å²) >= 11 is 7.07. The number of anilines is 3. The summed E-state index contributed by atoms with van der Waals surface area (Å²) in [6, 6.07) is 12.1. The lowest BCUT2D eigenvalue weighted by atomic mass is 10.2. The molecule has 1 atom stereocenters. The smallest absolute Gasteiger partial charge is 0.414 e. The van der Waals surface area contributed by atoms with Crippen molar-refractivity contribution >= 4 is 57.9 Å². The van der Waals surface area contributed by atoms with E-state index in [1.54, 1.807) is 30.3 Å². The maximum absolute atomic E-state index is 12.7. The van der Waals surface area contributed by atoms with Gasteiger partial charge in [0.2, 0.25) is 0 Å². The second-order valence-electron chi connectivity index (χ2n) is 8.26. The van der Waals surface area contributed by atoms with Crippen molar-refractivity contribution in [2.75, 3.05) is 41.3 Å². The van der Waals surface area contributed by atoms with Crippen LogP contribution in [0, 0.1) is 0 Å². The van der Waals surface area contributed by atoms with Crippen molar-refractivity contribution in [3.05, 3.63) is 63.7 Å². The zero-order chi connectivity index (χ0) is 24.4. The van der Waals surface area contributed by atoms with Crippen molar-refractivity contribution < 1.29 is 23.5 Å². The van der Waals surface area contributed by atoms with E-state index in [-0.39, 0.29) is 30.7 Å². The van der Waals surface area contributed by atoms with Crippen molar-refractivity contribution in [2.24, 2.45) is 0 Å². The Kier molecular flexibility index (Phi) is 6.65. The van der Waals surface area contributed by atoms with Crippen molar-refractivity contribution in [3.8, 4) is 0 Å². The Labute approximate surface area is 210 Å². The molecule has 2 aliphatic rings. The summed E-state index contributed by atoms with van der Waals surface area (Å²) in [7, 11) is 0. The summed E-state index contributed by atoms with van der Waals surface area (Å²) in [6.45, 7) is 2.22. The summed E-state index contributed by atoms with van der Waals surface area (Å²) in [4.78, 5) is 41.8. The zero-order valence-electron chi connectivity index (χ0n) is 18.7. The third-order valence-corrected chi connectivity index (χ3v) is 7.12. The minimum atomic E-state index is -0.513. The Balaban J connectivity index is 1.30. The monoisotopic (exact) mass is 514 g/mol. The Morgan fingerprint density at radius 3 is 2.66 bits per heavy atom. The number of hydrogen-bond donors (Lipinski definition) is 2. The zero-order valence-corrected chi connectivity index (χ0v) is 20.2. The Hall–Kier alpha value is -3.50. The molecular weight excluding hydrogens is 492 g/mol. The third-order valence-electron chi connectivity index (χ3n) is 5.89. The Morgan fingerprint density at radius 2 is 1.94 bits per heavy atom. The van der Waals surface area contributed by atoms with Crippen LogP contribution in [0.25, 0.3) is 0 Å². The highest BCUT2D eigenvalue weighted by Crippen LogP contribution is 2.34. The number of halogens is 1. The van der Waals surface area contributed by atoms with Crippen LogP contribution in [0.15, 0.2) is 53.1 Å². The second-order valence-corrected chi connectivity index (χ2v) is 9.97. The molecule has 0 spiro atoms. The molecule has 2 N–H and O–H groups in total. The standard InChI is InChI=1S/C24H23ClN4O5S/c25-21-8-7-20(35-21)23(31)26-13-16-14-29(24(32)34-16)15-5-6-18(28-9-1-2-10-28)17(12-15)27-22(30)19-4-3-11-33-19/h3-8,11-12,16H,1-2,9-10,13-14H2,(H,26,31)(H,27,30)/t16-/m1/s1. The molecule has 4 heterocycles. The van der Waals surface area contributed by atoms with Crippen molar-refractivity contribution in [3.63, 3.8) is 0 Å². The fourth-order valence-electron chi connectivity index (χ4n) is 4.19. The van der Waals surface area contributed by atoms with Crippen molar-refractivity contribution in [1.82, 2.24) is 5.32 Å². The molecule has 2 saturated heterocycles. The fourth-order valence-corrected chi connectivity index (χ4v) is 5.15. The Morgan fingerprint density at radius 1 is 1.11 bits per heavy atom. The topological polar surface area (TPSA) is 104 Å². The van der Waals surface area contributed by atoms with Crippen LogP contribution in [-0.4, -0.2) is 50.2 Å². The molecule has 0 saturated carbocycles. The highest BCUT2D eigenvalue weighted by molar-refractivity contribution is 7.18.